The lowest BCUT2D eigenvalue weighted by Crippen LogP contribution is -2.36. The number of hydrogen-bond donors (Lipinski definition) is 1. The van der Waals surface area contributed by atoms with Crippen LogP contribution in [-0.4, -0.2) is 12.7 Å². The maximum absolute atomic E-state index is 12.8. The quantitative estimate of drug-likeness (QED) is 0.810. The van der Waals surface area contributed by atoms with E-state index in [0.29, 0.717) is 12.5 Å². The second-order valence-electron chi connectivity index (χ2n) is 4.27. The molecule has 84 valence electrons. The molecule has 1 fully saturated rings. The van der Waals surface area contributed by atoms with E-state index >= 15 is 0 Å². The van der Waals surface area contributed by atoms with Crippen LogP contribution in [0.15, 0.2) is 22.8 Å². The highest BCUT2D eigenvalue weighted by molar-refractivity contribution is 4.98. The lowest BCUT2D eigenvalue weighted by atomic mass is 9.99. The summed E-state index contributed by atoms with van der Waals surface area (Å²) in [5, 5.41) is 3.24. The van der Waals surface area contributed by atoms with Crippen molar-refractivity contribution in [3.05, 3.63) is 24.2 Å². The third-order valence-electron chi connectivity index (χ3n) is 3.25. The monoisotopic (exact) mass is 211 g/mol. The highest BCUT2D eigenvalue weighted by Crippen LogP contribution is 2.28. The van der Waals surface area contributed by atoms with E-state index in [1.807, 2.05) is 12.1 Å². The van der Waals surface area contributed by atoms with Gasteiger partial charge in [-0.3, -0.25) is 0 Å². The van der Waals surface area contributed by atoms with Gasteiger partial charge in [0.15, 0.2) is 0 Å². The van der Waals surface area contributed by atoms with E-state index in [2.05, 4.69) is 5.32 Å². The normalized spacial score (nSPS) is 19.5. The molecule has 1 unspecified atom stereocenters. The van der Waals surface area contributed by atoms with E-state index in [1.165, 1.54) is 25.7 Å². The zero-order valence-electron chi connectivity index (χ0n) is 8.92. The number of halogens is 1. The van der Waals surface area contributed by atoms with Crippen molar-refractivity contribution < 1.29 is 8.81 Å². The van der Waals surface area contributed by atoms with Crippen molar-refractivity contribution in [3.8, 4) is 0 Å². The van der Waals surface area contributed by atoms with Crippen LogP contribution < -0.4 is 5.32 Å². The first-order valence-corrected chi connectivity index (χ1v) is 5.72. The molecule has 2 rings (SSSR count). The fourth-order valence-electron chi connectivity index (χ4n) is 2.35. The van der Waals surface area contributed by atoms with Crippen LogP contribution in [0.5, 0.6) is 0 Å². The van der Waals surface area contributed by atoms with Gasteiger partial charge in [-0.25, -0.2) is 4.39 Å². The predicted octanol–water partition coefficient (Wildman–Crippen LogP) is 2.90. The summed E-state index contributed by atoms with van der Waals surface area (Å²) in [6.45, 7) is 0.365. The summed E-state index contributed by atoms with van der Waals surface area (Å²) in [6, 6.07) is 3.78. The average Bonchev–Trinajstić information content (AvgIpc) is 2.90. The molecule has 0 radical (unpaired) electrons. The zero-order chi connectivity index (χ0) is 10.5. The lowest BCUT2D eigenvalue weighted by Gasteiger charge is -2.21. The molecule has 0 aromatic carbocycles. The maximum atomic E-state index is 12.8. The van der Waals surface area contributed by atoms with Crippen molar-refractivity contribution in [3.63, 3.8) is 0 Å². The van der Waals surface area contributed by atoms with Crippen LogP contribution in [-0.2, 0) is 6.54 Å². The van der Waals surface area contributed by atoms with Gasteiger partial charge in [0.05, 0.1) is 12.8 Å². The van der Waals surface area contributed by atoms with Gasteiger partial charge >= 0.3 is 0 Å². The van der Waals surface area contributed by atoms with Gasteiger partial charge in [-0.1, -0.05) is 12.8 Å². The molecule has 1 atom stereocenters. The van der Waals surface area contributed by atoms with Gasteiger partial charge in [0.1, 0.15) is 12.4 Å². The fourth-order valence-corrected chi connectivity index (χ4v) is 2.35. The molecule has 0 spiro atoms. The summed E-state index contributed by atoms with van der Waals surface area (Å²) < 4.78 is 18.1. The smallest absolute Gasteiger partial charge is 0.117 e. The largest absolute Gasteiger partial charge is 0.468 e. The van der Waals surface area contributed by atoms with E-state index in [-0.39, 0.29) is 12.7 Å². The maximum Gasteiger partial charge on any atom is 0.117 e. The van der Waals surface area contributed by atoms with Gasteiger partial charge < -0.3 is 9.73 Å². The molecule has 3 heteroatoms. The molecule has 0 amide bonds. The lowest BCUT2D eigenvalue weighted by molar-refractivity contribution is 0.278. The number of furan rings is 1. The van der Waals surface area contributed by atoms with Crippen molar-refractivity contribution in [1.82, 2.24) is 5.32 Å². The molecular formula is C12H18FNO. The molecule has 1 aromatic heterocycles. The average molecular weight is 211 g/mol. The molecule has 1 aromatic rings. The Balaban J connectivity index is 1.80. The summed E-state index contributed by atoms with van der Waals surface area (Å²) in [5.74, 6) is 1.40. The van der Waals surface area contributed by atoms with Crippen molar-refractivity contribution in [2.24, 2.45) is 5.92 Å². The number of hydrogen-bond acceptors (Lipinski definition) is 2. The van der Waals surface area contributed by atoms with Crippen LogP contribution >= 0.6 is 0 Å². The number of rotatable bonds is 5. The standard InChI is InChI=1S/C12H18FNO/c13-8-12(10-4-1-2-5-10)14-9-11-6-3-7-15-11/h3,6-7,10,12,14H,1-2,4-5,8-9H2. The Bertz CT molecular complexity index is 267. The minimum Gasteiger partial charge on any atom is -0.468 e. The third kappa shape index (κ3) is 2.81. The Hall–Kier alpha value is -0.830. The van der Waals surface area contributed by atoms with Gasteiger partial charge in [-0.15, -0.1) is 0 Å². The summed E-state index contributed by atoms with van der Waals surface area (Å²) in [4.78, 5) is 0. The van der Waals surface area contributed by atoms with Crippen molar-refractivity contribution >= 4 is 0 Å². The van der Waals surface area contributed by atoms with Crippen LogP contribution in [0.25, 0.3) is 0 Å². The Kier molecular flexibility index (Phi) is 3.78. The van der Waals surface area contributed by atoms with Crippen LogP contribution in [0.3, 0.4) is 0 Å². The molecule has 1 saturated carbocycles. The topological polar surface area (TPSA) is 25.2 Å². The first kappa shape index (κ1) is 10.7. The molecule has 0 bridgehead atoms. The van der Waals surface area contributed by atoms with Gasteiger partial charge in [-0.05, 0) is 30.9 Å². The second kappa shape index (κ2) is 5.31. The Morgan fingerprint density at radius 2 is 2.27 bits per heavy atom. The van der Waals surface area contributed by atoms with Gasteiger partial charge in [0.2, 0.25) is 0 Å². The van der Waals surface area contributed by atoms with Crippen LogP contribution in [0, 0.1) is 5.92 Å². The van der Waals surface area contributed by atoms with Gasteiger partial charge in [0.25, 0.3) is 0 Å². The highest BCUT2D eigenvalue weighted by atomic mass is 19.1. The second-order valence-corrected chi connectivity index (χ2v) is 4.27. The van der Waals surface area contributed by atoms with Crippen LogP contribution in [0.2, 0.25) is 0 Å². The van der Waals surface area contributed by atoms with E-state index in [1.54, 1.807) is 6.26 Å². The number of nitrogens with one attached hydrogen (secondary N) is 1. The van der Waals surface area contributed by atoms with Gasteiger partial charge in [0, 0.05) is 6.04 Å². The summed E-state index contributed by atoms with van der Waals surface area (Å²) in [6.07, 6.45) is 6.49. The summed E-state index contributed by atoms with van der Waals surface area (Å²) in [5.41, 5.74) is 0. The Labute approximate surface area is 89.9 Å². The third-order valence-corrected chi connectivity index (χ3v) is 3.25. The Morgan fingerprint density at radius 3 is 2.87 bits per heavy atom. The molecular weight excluding hydrogens is 193 g/mol. The van der Waals surface area contributed by atoms with E-state index in [4.69, 9.17) is 4.42 Å². The molecule has 1 aliphatic carbocycles. The zero-order valence-corrected chi connectivity index (χ0v) is 8.92. The summed E-state index contributed by atoms with van der Waals surface area (Å²) >= 11 is 0. The molecule has 1 heterocycles. The molecule has 0 aliphatic heterocycles. The molecule has 15 heavy (non-hydrogen) atoms. The molecule has 2 nitrogen and oxygen atoms in total. The fraction of sp³-hybridized carbons (Fsp3) is 0.667. The molecule has 1 N–H and O–H groups in total. The van der Waals surface area contributed by atoms with E-state index in [9.17, 15) is 4.39 Å². The predicted molar refractivity (Wildman–Crippen MR) is 57.3 cm³/mol. The van der Waals surface area contributed by atoms with Crippen molar-refractivity contribution in [2.75, 3.05) is 6.67 Å². The first-order valence-electron chi connectivity index (χ1n) is 5.72. The van der Waals surface area contributed by atoms with Crippen molar-refractivity contribution in [1.29, 1.82) is 0 Å². The van der Waals surface area contributed by atoms with Crippen LogP contribution in [0.4, 0.5) is 4.39 Å². The molecule has 0 saturated heterocycles. The Morgan fingerprint density at radius 1 is 1.47 bits per heavy atom. The highest BCUT2D eigenvalue weighted by Gasteiger charge is 2.24. The minimum absolute atomic E-state index is 0.0117. The SMILES string of the molecule is FCC(NCc1ccco1)C1CCCC1. The van der Waals surface area contributed by atoms with Crippen LogP contribution in [0.1, 0.15) is 31.4 Å². The van der Waals surface area contributed by atoms with E-state index < -0.39 is 0 Å². The first-order chi connectivity index (χ1) is 7.40. The summed E-state index contributed by atoms with van der Waals surface area (Å²) in [7, 11) is 0. The van der Waals surface area contributed by atoms with E-state index in [0.717, 1.165) is 5.76 Å². The molecule has 1 aliphatic rings. The number of alkyl halides is 1. The minimum atomic E-state index is -0.272. The van der Waals surface area contributed by atoms with Gasteiger partial charge in [-0.2, -0.15) is 0 Å². The van der Waals surface area contributed by atoms with Crippen molar-refractivity contribution in [2.45, 2.75) is 38.3 Å².